The van der Waals surface area contributed by atoms with Crippen molar-refractivity contribution in [2.45, 2.75) is 69.9 Å². The molecule has 3 fully saturated rings. The molecule has 1 amide bonds. The maximum absolute atomic E-state index is 12.7. The number of piperidine rings is 1. The van der Waals surface area contributed by atoms with Crippen molar-refractivity contribution in [1.29, 1.82) is 0 Å². The van der Waals surface area contributed by atoms with Gasteiger partial charge in [0.2, 0.25) is 5.91 Å². The average Bonchev–Trinajstić information content (AvgIpc) is 2.74. The van der Waals surface area contributed by atoms with Crippen LogP contribution < -0.4 is 9.64 Å². The highest BCUT2D eigenvalue weighted by molar-refractivity contribution is 5.79. The number of benzene rings is 1. The molecular formula is C26H31F2N3O2. The predicted octanol–water partition coefficient (Wildman–Crippen LogP) is 5.88. The van der Waals surface area contributed by atoms with E-state index >= 15 is 0 Å². The van der Waals surface area contributed by atoms with E-state index in [2.05, 4.69) is 20.7 Å². The van der Waals surface area contributed by atoms with E-state index in [1.165, 1.54) is 24.8 Å². The smallest absolute Gasteiger partial charge is 0.387 e. The zero-order valence-electron chi connectivity index (χ0n) is 18.8. The third-order valence-corrected chi connectivity index (χ3v) is 7.57. The molecule has 0 bridgehead atoms. The number of ether oxygens (including phenoxy) is 1. The van der Waals surface area contributed by atoms with Gasteiger partial charge in [-0.05, 0) is 80.3 Å². The molecule has 3 aliphatic rings. The van der Waals surface area contributed by atoms with E-state index in [9.17, 15) is 13.6 Å². The second-order valence-electron chi connectivity index (χ2n) is 9.49. The Morgan fingerprint density at radius 1 is 1.00 bits per heavy atom. The lowest BCUT2D eigenvalue weighted by atomic mass is 9.79. The molecule has 2 aromatic rings. The molecule has 2 saturated carbocycles. The highest BCUT2D eigenvalue weighted by Crippen LogP contribution is 2.44. The summed E-state index contributed by atoms with van der Waals surface area (Å²) in [4.78, 5) is 21.5. The summed E-state index contributed by atoms with van der Waals surface area (Å²) in [5, 5.41) is 0. The lowest BCUT2D eigenvalue weighted by Gasteiger charge is -2.42. The molecule has 1 aromatic carbocycles. The SMILES string of the molecule is O=C(C1CCC1)N1CCC(N(c2ccc(OC(F)F)cc2)c2cnccc2C2CCC2)CC1. The number of nitrogens with zero attached hydrogens (tertiary/aromatic N) is 3. The Morgan fingerprint density at radius 3 is 2.27 bits per heavy atom. The monoisotopic (exact) mass is 455 g/mol. The van der Waals surface area contributed by atoms with Crippen molar-refractivity contribution >= 4 is 17.3 Å². The minimum Gasteiger partial charge on any atom is -0.435 e. The molecule has 2 heterocycles. The van der Waals surface area contributed by atoms with Gasteiger partial charge in [-0.25, -0.2) is 0 Å². The second kappa shape index (κ2) is 9.65. The van der Waals surface area contributed by atoms with Gasteiger partial charge in [-0.2, -0.15) is 8.78 Å². The van der Waals surface area contributed by atoms with E-state index in [4.69, 9.17) is 0 Å². The number of carbonyl (C=O) groups excluding carboxylic acids is 1. The summed E-state index contributed by atoms with van der Waals surface area (Å²) in [7, 11) is 0. The quantitative estimate of drug-likeness (QED) is 0.523. The predicted molar refractivity (Wildman–Crippen MR) is 123 cm³/mol. The van der Waals surface area contributed by atoms with E-state index in [0.717, 1.165) is 56.6 Å². The first-order valence-corrected chi connectivity index (χ1v) is 12.2. The van der Waals surface area contributed by atoms with Crippen molar-refractivity contribution < 1.29 is 18.3 Å². The number of hydrogen-bond donors (Lipinski definition) is 0. The molecule has 5 nitrogen and oxygen atoms in total. The molecule has 0 atom stereocenters. The average molecular weight is 456 g/mol. The number of aromatic nitrogens is 1. The van der Waals surface area contributed by atoms with Crippen LogP contribution in [0.1, 0.15) is 62.8 Å². The van der Waals surface area contributed by atoms with Crippen LogP contribution in [0, 0.1) is 5.92 Å². The molecule has 0 spiro atoms. The maximum atomic E-state index is 12.7. The van der Waals surface area contributed by atoms with Gasteiger partial charge in [0.05, 0.1) is 11.9 Å². The first kappa shape index (κ1) is 22.1. The van der Waals surface area contributed by atoms with Crippen molar-refractivity contribution in [2.24, 2.45) is 5.92 Å². The van der Waals surface area contributed by atoms with Crippen LogP contribution in [0.25, 0.3) is 0 Å². The molecule has 176 valence electrons. The fourth-order valence-corrected chi connectivity index (χ4v) is 5.26. The topological polar surface area (TPSA) is 45.7 Å². The normalized spacial score (nSPS) is 19.8. The van der Waals surface area contributed by atoms with Crippen LogP contribution in [0.3, 0.4) is 0 Å². The number of alkyl halides is 2. The Bertz CT molecular complexity index is 952. The van der Waals surface area contributed by atoms with Gasteiger partial charge in [0, 0.05) is 36.9 Å². The number of pyridine rings is 1. The highest BCUT2D eigenvalue weighted by Gasteiger charge is 2.35. The summed E-state index contributed by atoms with van der Waals surface area (Å²) in [6.07, 6.45) is 12.3. The minimum absolute atomic E-state index is 0.153. The van der Waals surface area contributed by atoms with Gasteiger partial charge >= 0.3 is 6.61 Å². The van der Waals surface area contributed by atoms with Crippen molar-refractivity contribution in [3.8, 4) is 5.75 Å². The first-order chi connectivity index (χ1) is 16.1. The Labute approximate surface area is 193 Å². The Hall–Kier alpha value is -2.70. The molecular weight excluding hydrogens is 424 g/mol. The largest absolute Gasteiger partial charge is 0.435 e. The molecule has 1 aliphatic heterocycles. The zero-order valence-corrected chi connectivity index (χ0v) is 18.8. The van der Waals surface area contributed by atoms with E-state index < -0.39 is 6.61 Å². The Balaban J connectivity index is 1.41. The number of hydrogen-bond acceptors (Lipinski definition) is 4. The standard InChI is InChI=1S/C26H31F2N3O2/c27-26(28)33-22-9-7-20(8-10-22)31(24-17-29-14-11-23(24)18-3-1-4-18)21-12-15-30(16-13-21)25(32)19-5-2-6-19/h7-11,14,17-19,21,26H,1-6,12-13,15-16H2. The van der Waals surface area contributed by atoms with Crippen LogP contribution in [0.5, 0.6) is 5.75 Å². The Morgan fingerprint density at radius 2 is 1.70 bits per heavy atom. The molecule has 0 N–H and O–H groups in total. The number of likely N-dealkylation sites (tertiary alicyclic amines) is 1. The fourth-order valence-electron chi connectivity index (χ4n) is 5.26. The number of rotatable bonds is 7. The van der Waals surface area contributed by atoms with Gasteiger partial charge in [0.15, 0.2) is 0 Å². The summed E-state index contributed by atoms with van der Waals surface area (Å²) >= 11 is 0. The number of halogens is 2. The van der Waals surface area contributed by atoms with Gasteiger partial charge in [0.25, 0.3) is 0 Å². The molecule has 33 heavy (non-hydrogen) atoms. The van der Waals surface area contributed by atoms with E-state index in [0.29, 0.717) is 11.8 Å². The molecule has 0 radical (unpaired) electrons. The summed E-state index contributed by atoms with van der Waals surface area (Å²) in [5.41, 5.74) is 3.33. The van der Waals surface area contributed by atoms with Crippen molar-refractivity contribution in [3.05, 3.63) is 48.3 Å². The van der Waals surface area contributed by atoms with Crippen molar-refractivity contribution in [1.82, 2.24) is 9.88 Å². The third-order valence-electron chi connectivity index (χ3n) is 7.57. The lowest BCUT2D eigenvalue weighted by molar-refractivity contribution is -0.139. The minimum atomic E-state index is -2.84. The molecule has 1 aromatic heterocycles. The zero-order chi connectivity index (χ0) is 22.8. The van der Waals surface area contributed by atoms with Crippen LogP contribution in [0.15, 0.2) is 42.7 Å². The number of amides is 1. The van der Waals surface area contributed by atoms with E-state index in [1.807, 2.05) is 29.4 Å². The van der Waals surface area contributed by atoms with Crippen molar-refractivity contribution in [2.75, 3.05) is 18.0 Å². The molecule has 1 saturated heterocycles. The van der Waals surface area contributed by atoms with Crippen LogP contribution in [-0.2, 0) is 4.79 Å². The molecule has 0 unspecified atom stereocenters. The summed E-state index contributed by atoms with van der Waals surface area (Å²) in [5.74, 6) is 1.23. The summed E-state index contributed by atoms with van der Waals surface area (Å²) < 4.78 is 29.8. The third kappa shape index (κ3) is 4.68. The Kier molecular flexibility index (Phi) is 6.47. The summed E-state index contributed by atoms with van der Waals surface area (Å²) in [6, 6.07) is 9.23. The lowest BCUT2D eigenvalue weighted by Crippen LogP contribution is -2.48. The van der Waals surface area contributed by atoms with Crippen molar-refractivity contribution in [3.63, 3.8) is 0 Å². The first-order valence-electron chi connectivity index (χ1n) is 12.2. The van der Waals surface area contributed by atoms with Gasteiger partial charge in [-0.1, -0.05) is 12.8 Å². The van der Waals surface area contributed by atoms with Gasteiger partial charge in [0.1, 0.15) is 5.75 Å². The van der Waals surface area contributed by atoms with Crippen LogP contribution in [0.2, 0.25) is 0 Å². The molecule has 5 rings (SSSR count). The van der Waals surface area contributed by atoms with Crippen LogP contribution in [-0.4, -0.2) is 41.5 Å². The number of carbonyl (C=O) groups is 1. The molecule has 2 aliphatic carbocycles. The maximum Gasteiger partial charge on any atom is 0.387 e. The summed E-state index contributed by atoms with van der Waals surface area (Å²) in [6.45, 7) is -1.34. The van der Waals surface area contributed by atoms with Crippen LogP contribution >= 0.6 is 0 Å². The van der Waals surface area contributed by atoms with Gasteiger partial charge in [-0.15, -0.1) is 0 Å². The van der Waals surface area contributed by atoms with E-state index in [-0.39, 0.29) is 17.7 Å². The molecule has 7 heteroatoms. The second-order valence-corrected chi connectivity index (χ2v) is 9.49. The van der Waals surface area contributed by atoms with Gasteiger partial charge in [-0.3, -0.25) is 9.78 Å². The number of anilines is 2. The van der Waals surface area contributed by atoms with Gasteiger partial charge < -0.3 is 14.5 Å². The fraction of sp³-hybridized carbons (Fsp3) is 0.538. The highest BCUT2D eigenvalue weighted by atomic mass is 19.3. The van der Waals surface area contributed by atoms with Crippen LogP contribution in [0.4, 0.5) is 20.2 Å². The van der Waals surface area contributed by atoms with E-state index in [1.54, 1.807) is 12.1 Å².